The molecule has 0 fully saturated rings. The van der Waals surface area contributed by atoms with Gasteiger partial charge in [-0.2, -0.15) is 0 Å². The van der Waals surface area contributed by atoms with Crippen LogP contribution in [0, 0.1) is 18.2 Å². The van der Waals surface area contributed by atoms with Crippen LogP contribution in [0.25, 0.3) is 6.08 Å². The maximum absolute atomic E-state index is 12.7. The quantitative estimate of drug-likeness (QED) is 0.577. The number of carbonyl (C=O) groups excluding carboxylic acids is 1. The Bertz CT molecular complexity index is 456. The predicted molar refractivity (Wildman–Crippen MR) is 71.1 cm³/mol. The number of rotatable bonds is 5. The summed E-state index contributed by atoms with van der Waals surface area (Å²) in [4.78, 5) is 13.4. The topological polar surface area (TPSA) is 20.3 Å². The van der Waals surface area contributed by atoms with Crippen LogP contribution in [0.2, 0.25) is 0 Å². The van der Waals surface area contributed by atoms with E-state index in [2.05, 4.69) is 5.92 Å². The molecule has 1 rings (SSSR count). The molecular formula is C15H16FNO. The first kappa shape index (κ1) is 14.0. The van der Waals surface area contributed by atoms with Crippen molar-refractivity contribution in [2.45, 2.75) is 13.3 Å². The summed E-state index contributed by atoms with van der Waals surface area (Å²) < 4.78 is 12.7. The van der Waals surface area contributed by atoms with Crippen molar-refractivity contribution in [3.63, 3.8) is 0 Å². The first-order valence-corrected chi connectivity index (χ1v) is 5.83. The highest BCUT2D eigenvalue weighted by atomic mass is 19.1. The maximum atomic E-state index is 12.7. The fourth-order valence-electron chi connectivity index (χ4n) is 1.49. The van der Waals surface area contributed by atoms with Crippen LogP contribution in [0.5, 0.6) is 0 Å². The van der Waals surface area contributed by atoms with Crippen molar-refractivity contribution in [3.8, 4) is 12.3 Å². The maximum Gasteiger partial charge on any atom is 0.247 e. The molecule has 0 unspecified atom stereocenters. The number of hydrogen-bond acceptors (Lipinski definition) is 1. The smallest absolute Gasteiger partial charge is 0.247 e. The number of amides is 1. The number of nitrogens with zero attached hydrogens (tertiary/aromatic N) is 1. The second-order valence-electron chi connectivity index (χ2n) is 3.85. The van der Waals surface area contributed by atoms with Gasteiger partial charge < -0.3 is 4.90 Å². The molecule has 0 atom stereocenters. The average molecular weight is 245 g/mol. The largest absolute Gasteiger partial charge is 0.328 e. The van der Waals surface area contributed by atoms with Crippen LogP contribution >= 0.6 is 0 Å². The zero-order valence-electron chi connectivity index (χ0n) is 10.4. The van der Waals surface area contributed by atoms with Crippen molar-refractivity contribution >= 4 is 12.0 Å². The lowest BCUT2D eigenvalue weighted by molar-refractivity contribution is -0.125. The molecule has 0 bridgehead atoms. The van der Waals surface area contributed by atoms with E-state index in [1.807, 2.05) is 6.92 Å². The lowest BCUT2D eigenvalue weighted by Crippen LogP contribution is -2.30. The van der Waals surface area contributed by atoms with E-state index in [-0.39, 0.29) is 11.7 Å². The van der Waals surface area contributed by atoms with E-state index in [0.717, 1.165) is 12.0 Å². The summed E-state index contributed by atoms with van der Waals surface area (Å²) in [6.07, 6.45) is 9.18. The van der Waals surface area contributed by atoms with Crippen LogP contribution in [0.15, 0.2) is 30.3 Å². The summed E-state index contributed by atoms with van der Waals surface area (Å²) in [5.41, 5.74) is 0.780. The summed E-state index contributed by atoms with van der Waals surface area (Å²) in [6.45, 7) is 2.93. The van der Waals surface area contributed by atoms with Gasteiger partial charge in [-0.15, -0.1) is 6.42 Å². The highest BCUT2D eigenvalue weighted by molar-refractivity contribution is 5.91. The summed E-state index contributed by atoms with van der Waals surface area (Å²) in [7, 11) is 0. The molecule has 2 nitrogen and oxygen atoms in total. The fourth-order valence-corrected chi connectivity index (χ4v) is 1.49. The van der Waals surface area contributed by atoms with Crippen LogP contribution in [0.3, 0.4) is 0 Å². The van der Waals surface area contributed by atoms with Crippen LogP contribution in [-0.4, -0.2) is 23.9 Å². The van der Waals surface area contributed by atoms with Gasteiger partial charge in [0.15, 0.2) is 0 Å². The van der Waals surface area contributed by atoms with Gasteiger partial charge in [-0.3, -0.25) is 4.79 Å². The second kappa shape index (κ2) is 7.29. The van der Waals surface area contributed by atoms with Crippen LogP contribution in [0.4, 0.5) is 4.39 Å². The average Bonchev–Trinajstić information content (AvgIpc) is 2.37. The van der Waals surface area contributed by atoms with Gasteiger partial charge >= 0.3 is 0 Å². The van der Waals surface area contributed by atoms with Crippen LogP contribution in [-0.2, 0) is 4.79 Å². The van der Waals surface area contributed by atoms with E-state index in [1.54, 1.807) is 23.1 Å². The third kappa shape index (κ3) is 4.42. The fraction of sp³-hybridized carbons (Fsp3) is 0.267. The number of carbonyl (C=O) groups is 1. The lowest BCUT2D eigenvalue weighted by Gasteiger charge is -2.16. The van der Waals surface area contributed by atoms with E-state index in [1.165, 1.54) is 18.2 Å². The molecule has 94 valence electrons. The van der Waals surface area contributed by atoms with Gasteiger partial charge in [0, 0.05) is 12.6 Å². The Labute approximate surface area is 107 Å². The van der Waals surface area contributed by atoms with Crippen LogP contribution < -0.4 is 0 Å². The molecule has 0 spiro atoms. The molecule has 1 amide bonds. The molecular weight excluding hydrogens is 229 g/mol. The third-order valence-electron chi connectivity index (χ3n) is 2.38. The van der Waals surface area contributed by atoms with Gasteiger partial charge in [-0.1, -0.05) is 25.0 Å². The number of hydrogen-bond donors (Lipinski definition) is 0. The van der Waals surface area contributed by atoms with Crippen molar-refractivity contribution < 1.29 is 9.18 Å². The molecule has 0 N–H and O–H groups in total. The molecule has 0 aromatic heterocycles. The third-order valence-corrected chi connectivity index (χ3v) is 2.38. The molecule has 18 heavy (non-hydrogen) atoms. The van der Waals surface area contributed by atoms with E-state index < -0.39 is 0 Å². The van der Waals surface area contributed by atoms with Crippen molar-refractivity contribution in [3.05, 3.63) is 41.7 Å². The second-order valence-corrected chi connectivity index (χ2v) is 3.85. The lowest BCUT2D eigenvalue weighted by atomic mass is 10.2. The van der Waals surface area contributed by atoms with Gasteiger partial charge in [0.25, 0.3) is 0 Å². The van der Waals surface area contributed by atoms with Crippen molar-refractivity contribution in [2.24, 2.45) is 0 Å². The van der Waals surface area contributed by atoms with Gasteiger partial charge in [0.1, 0.15) is 5.82 Å². The zero-order valence-corrected chi connectivity index (χ0v) is 10.4. The monoisotopic (exact) mass is 245 g/mol. The van der Waals surface area contributed by atoms with Crippen LogP contribution in [0.1, 0.15) is 18.9 Å². The Morgan fingerprint density at radius 1 is 1.44 bits per heavy atom. The molecule has 0 saturated carbocycles. The van der Waals surface area contributed by atoms with E-state index in [4.69, 9.17) is 6.42 Å². The van der Waals surface area contributed by atoms with Crippen molar-refractivity contribution in [2.75, 3.05) is 13.1 Å². The SMILES string of the molecule is C#CCN(CCC)C(=O)/C=C/c1ccc(F)cc1. The summed E-state index contributed by atoms with van der Waals surface area (Å²) >= 11 is 0. The first-order valence-electron chi connectivity index (χ1n) is 5.83. The Morgan fingerprint density at radius 2 is 2.11 bits per heavy atom. The van der Waals surface area contributed by atoms with Crippen molar-refractivity contribution in [1.29, 1.82) is 0 Å². The minimum Gasteiger partial charge on any atom is -0.328 e. The Morgan fingerprint density at radius 3 is 2.67 bits per heavy atom. The Hall–Kier alpha value is -2.08. The minimum atomic E-state index is -0.293. The molecule has 0 radical (unpaired) electrons. The van der Waals surface area contributed by atoms with Gasteiger partial charge in [-0.05, 0) is 30.2 Å². The summed E-state index contributed by atoms with van der Waals surface area (Å²) in [5, 5.41) is 0. The molecule has 0 heterocycles. The molecule has 3 heteroatoms. The van der Waals surface area contributed by atoms with Crippen molar-refractivity contribution in [1.82, 2.24) is 4.90 Å². The van der Waals surface area contributed by atoms with E-state index in [0.29, 0.717) is 13.1 Å². The van der Waals surface area contributed by atoms with Gasteiger partial charge in [-0.25, -0.2) is 4.39 Å². The first-order chi connectivity index (χ1) is 8.67. The summed E-state index contributed by atoms with van der Waals surface area (Å²) in [6, 6.07) is 5.94. The number of halogens is 1. The van der Waals surface area contributed by atoms with Gasteiger partial charge in [0.2, 0.25) is 5.91 Å². The Balaban J connectivity index is 2.67. The van der Waals surface area contributed by atoms with E-state index in [9.17, 15) is 9.18 Å². The highest BCUT2D eigenvalue weighted by Crippen LogP contribution is 2.05. The standard InChI is InChI=1S/C15H16FNO/c1-3-11-17(12-4-2)15(18)10-7-13-5-8-14(16)9-6-13/h1,5-10H,4,11-12H2,2H3/b10-7+. The van der Waals surface area contributed by atoms with Gasteiger partial charge in [0.05, 0.1) is 6.54 Å². The molecule has 1 aromatic rings. The number of benzene rings is 1. The highest BCUT2D eigenvalue weighted by Gasteiger charge is 2.07. The molecule has 0 aliphatic heterocycles. The summed E-state index contributed by atoms with van der Waals surface area (Å²) in [5.74, 6) is 2.04. The Kier molecular flexibility index (Phi) is 5.66. The predicted octanol–water partition coefficient (Wildman–Crippen LogP) is 2.71. The molecule has 0 aliphatic rings. The van der Waals surface area contributed by atoms with E-state index >= 15 is 0 Å². The zero-order chi connectivity index (χ0) is 13.4. The minimum absolute atomic E-state index is 0.126. The molecule has 0 saturated heterocycles. The number of terminal acetylenes is 1. The normalized spacial score (nSPS) is 10.3. The molecule has 0 aliphatic carbocycles. The molecule has 1 aromatic carbocycles.